The van der Waals surface area contributed by atoms with Crippen LogP contribution in [0, 0.1) is 16.7 Å². The maximum atomic E-state index is 10.00. The van der Waals surface area contributed by atoms with Crippen molar-refractivity contribution < 1.29 is 9.84 Å². The lowest BCUT2D eigenvalue weighted by Crippen LogP contribution is -2.44. The summed E-state index contributed by atoms with van der Waals surface area (Å²) >= 11 is 0. The molecule has 0 aromatic rings. The van der Waals surface area contributed by atoms with Crippen LogP contribution in [0.3, 0.4) is 0 Å². The van der Waals surface area contributed by atoms with E-state index in [0.717, 1.165) is 5.92 Å². The molecule has 0 unspecified atom stereocenters. The molecule has 0 amide bonds. The fourth-order valence-corrected chi connectivity index (χ4v) is 4.31. The summed E-state index contributed by atoms with van der Waals surface area (Å²) in [6.07, 6.45) is 3.83. The van der Waals surface area contributed by atoms with Crippen LogP contribution in [0.25, 0.3) is 0 Å². The third-order valence-electron chi connectivity index (χ3n) is 5.35. The number of hydrogen-bond acceptors (Lipinski definition) is 3. The molecule has 2 N–H and O–H groups in total. The lowest BCUT2D eigenvalue weighted by molar-refractivity contribution is -0.110. The van der Waals surface area contributed by atoms with E-state index in [1.54, 1.807) is 0 Å². The molecule has 0 heterocycles. The first-order chi connectivity index (χ1) is 8.75. The summed E-state index contributed by atoms with van der Waals surface area (Å²) in [6.45, 7) is 12.3. The van der Waals surface area contributed by atoms with E-state index in [4.69, 9.17) is 4.74 Å². The highest BCUT2D eigenvalue weighted by Gasteiger charge is 2.60. The van der Waals surface area contributed by atoms with Crippen molar-refractivity contribution in [2.45, 2.75) is 72.1 Å². The van der Waals surface area contributed by atoms with E-state index >= 15 is 0 Å². The molecule has 3 nitrogen and oxygen atoms in total. The van der Waals surface area contributed by atoms with E-state index < -0.39 is 6.10 Å². The Morgan fingerprint density at radius 2 is 2.00 bits per heavy atom. The van der Waals surface area contributed by atoms with Gasteiger partial charge in [0.2, 0.25) is 0 Å². The average molecular weight is 269 g/mol. The number of aliphatic hydroxyl groups is 1. The van der Waals surface area contributed by atoms with Crippen LogP contribution < -0.4 is 5.32 Å². The summed E-state index contributed by atoms with van der Waals surface area (Å²) in [4.78, 5) is 0. The summed E-state index contributed by atoms with van der Waals surface area (Å²) < 4.78 is 6.16. The van der Waals surface area contributed by atoms with Gasteiger partial charge in [0, 0.05) is 12.6 Å². The molecule has 0 spiro atoms. The number of hydrogen-bond donors (Lipinski definition) is 2. The van der Waals surface area contributed by atoms with Crippen LogP contribution in [0.1, 0.15) is 53.9 Å². The molecular formula is C16H31NO2. The molecule has 19 heavy (non-hydrogen) atoms. The van der Waals surface area contributed by atoms with Crippen LogP contribution in [-0.4, -0.2) is 36.5 Å². The van der Waals surface area contributed by atoms with Crippen molar-refractivity contribution in [2.24, 2.45) is 16.7 Å². The Hall–Kier alpha value is -0.120. The fraction of sp³-hybridized carbons (Fsp3) is 1.00. The molecule has 2 aliphatic carbocycles. The standard InChI is InChI=1S/C16H31NO2/c1-11(2)17-9-13(18)10-19-14-15(3,4)12-6-7-16(14,5)8-12/h11-14,17-18H,6-10H2,1-5H3/t12-,13-,14-,16-/m0/s1. The average Bonchev–Trinajstić information content (AvgIpc) is 2.77. The van der Waals surface area contributed by atoms with Gasteiger partial charge in [-0.15, -0.1) is 0 Å². The van der Waals surface area contributed by atoms with Gasteiger partial charge < -0.3 is 15.2 Å². The molecule has 4 atom stereocenters. The number of ether oxygens (including phenoxy) is 1. The molecule has 0 aromatic heterocycles. The second-order valence-corrected chi connectivity index (χ2v) is 7.85. The van der Waals surface area contributed by atoms with E-state index in [-0.39, 0.29) is 5.41 Å². The van der Waals surface area contributed by atoms with E-state index in [2.05, 4.69) is 39.9 Å². The Bertz CT molecular complexity index is 311. The summed E-state index contributed by atoms with van der Waals surface area (Å²) in [5.74, 6) is 0.799. The third kappa shape index (κ3) is 2.98. The highest BCUT2D eigenvalue weighted by molar-refractivity contribution is 5.09. The second kappa shape index (κ2) is 5.34. The quantitative estimate of drug-likeness (QED) is 0.779. The molecular weight excluding hydrogens is 238 g/mol. The maximum absolute atomic E-state index is 10.00. The van der Waals surface area contributed by atoms with Crippen molar-refractivity contribution >= 4 is 0 Å². The lowest BCUT2D eigenvalue weighted by Gasteiger charge is -2.42. The summed E-state index contributed by atoms with van der Waals surface area (Å²) in [7, 11) is 0. The van der Waals surface area contributed by atoms with E-state index in [1.165, 1.54) is 19.3 Å². The smallest absolute Gasteiger partial charge is 0.0897 e. The van der Waals surface area contributed by atoms with Crippen LogP contribution in [0.5, 0.6) is 0 Å². The summed E-state index contributed by atoms with van der Waals surface area (Å²) in [5.41, 5.74) is 0.595. The predicted molar refractivity (Wildman–Crippen MR) is 78.1 cm³/mol. The highest BCUT2D eigenvalue weighted by atomic mass is 16.5. The van der Waals surface area contributed by atoms with Crippen LogP contribution >= 0.6 is 0 Å². The van der Waals surface area contributed by atoms with Gasteiger partial charge >= 0.3 is 0 Å². The lowest BCUT2D eigenvalue weighted by atomic mass is 9.70. The third-order valence-corrected chi connectivity index (χ3v) is 5.35. The molecule has 3 heteroatoms. The first-order valence-corrected chi connectivity index (χ1v) is 7.79. The number of nitrogens with one attached hydrogen (secondary N) is 1. The van der Waals surface area contributed by atoms with Crippen molar-refractivity contribution in [3.8, 4) is 0 Å². The zero-order valence-electron chi connectivity index (χ0n) is 13.2. The summed E-state index contributed by atoms with van der Waals surface area (Å²) in [6, 6.07) is 0.408. The summed E-state index contributed by atoms with van der Waals surface area (Å²) in [5, 5.41) is 13.3. The van der Waals surface area contributed by atoms with Crippen molar-refractivity contribution in [3.05, 3.63) is 0 Å². The fourth-order valence-electron chi connectivity index (χ4n) is 4.31. The van der Waals surface area contributed by atoms with E-state index in [9.17, 15) is 5.11 Å². The Balaban J connectivity index is 1.85. The van der Waals surface area contributed by atoms with Gasteiger partial charge in [0.15, 0.2) is 0 Å². The Morgan fingerprint density at radius 3 is 2.53 bits per heavy atom. The monoisotopic (exact) mass is 269 g/mol. The first kappa shape index (κ1) is 15.3. The van der Waals surface area contributed by atoms with Crippen molar-refractivity contribution in [2.75, 3.05) is 13.2 Å². The van der Waals surface area contributed by atoms with Crippen molar-refractivity contribution in [3.63, 3.8) is 0 Å². The number of rotatable bonds is 6. The molecule has 0 saturated heterocycles. The van der Waals surface area contributed by atoms with Gasteiger partial charge in [-0.2, -0.15) is 0 Å². The molecule has 2 saturated carbocycles. The van der Waals surface area contributed by atoms with Crippen LogP contribution in [-0.2, 0) is 4.74 Å². The second-order valence-electron chi connectivity index (χ2n) is 7.85. The molecule has 2 aliphatic rings. The molecule has 0 aromatic carbocycles. The van der Waals surface area contributed by atoms with Gasteiger partial charge in [-0.1, -0.05) is 34.6 Å². The molecule has 112 valence electrons. The largest absolute Gasteiger partial charge is 0.389 e. The maximum Gasteiger partial charge on any atom is 0.0897 e. The number of fused-ring (bicyclic) bond motifs is 2. The van der Waals surface area contributed by atoms with Gasteiger partial charge in [0.05, 0.1) is 18.8 Å². The molecule has 0 aliphatic heterocycles. The van der Waals surface area contributed by atoms with Gasteiger partial charge in [-0.05, 0) is 36.0 Å². The zero-order chi connectivity index (χ0) is 14.3. The molecule has 0 radical (unpaired) electrons. The Kier molecular flexibility index (Phi) is 4.29. The Labute approximate surface area is 118 Å². The molecule has 2 fully saturated rings. The van der Waals surface area contributed by atoms with Crippen LogP contribution in [0.4, 0.5) is 0 Å². The minimum Gasteiger partial charge on any atom is -0.389 e. The van der Waals surface area contributed by atoms with Crippen LogP contribution in [0.15, 0.2) is 0 Å². The van der Waals surface area contributed by atoms with Gasteiger partial charge in [-0.25, -0.2) is 0 Å². The SMILES string of the molecule is CC(C)NC[C@H](O)CO[C@H]1C(C)(C)[C@H]2CC[C@@]1(C)C2. The zero-order valence-corrected chi connectivity index (χ0v) is 13.2. The van der Waals surface area contributed by atoms with Gasteiger partial charge in [-0.3, -0.25) is 0 Å². The predicted octanol–water partition coefficient (Wildman–Crippen LogP) is 2.58. The van der Waals surface area contributed by atoms with E-state index in [1.807, 2.05) is 0 Å². The van der Waals surface area contributed by atoms with Crippen molar-refractivity contribution in [1.82, 2.24) is 5.32 Å². The minimum absolute atomic E-state index is 0.262. The Morgan fingerprint density at radius 1 is 1.32 bits per heavy atom. The molecule has 2 rings (SSSR count). The van der Waals surface area contributed by atoms with Gasteiger partial charge in [0.25, 0.3) is 0 Å². The normalized spacial score (nSPS) is 38.1. The topological polar surface area (TPSA) is 41.5 Å². The molecule has 2 bridgehead atoms. The first-order valence-electron chi connectivity index (χ1n) is 7.79. The van der Waals surface area contributed by atoms with Crippen LogP contribution in [0.2, 0.25) is 0 Å². The van der Waals surface area contributed by atoms with Crippen molar-refractivity contribution in [1.29, 1.82) is 0 Å². The minimum atomic E-state index is -0.402. The van der Waals surface area contributed by atoms with Gasteiger partial charge in [0.1, 0.15) is 0 Å². The number of aliphatic hydroxyl groups excluding tert-OH is 1. The highest BCUT2D eigenvalue weighted by Crippen LogP contribution is 2.63. The van der Waals surface area contributed by atoms with E-state index in [0.29, 0.717) is 30.7 Å².